The molecule has 3 aromatic rings. The van der Waals surface area contributed by atoms with Crippen molar-refractivity contribution in [2.24, 2.45) is 0 Å². The molecule has 1 amide bonds. The van der Waals surface area contributed by atoms with Crippen molar-refractivity contribution in [2.45, 2.75) is 33.2 Å². The fourth-order valence-electron chi connectivity index (χ4n) is 4.66. The van der Waals surface area contributed by atoms with Crippen molar-refractivity contribution in [3.05, 3.63) is 76.8 Å². The van der Waals surface area contributed by atoms with Gasteiger partial charge in [-0.05, 0) is 50.7 Å². The lowest BCUT2D eigenvalue weighted by Gasteiger charge is -2.28. The third kappa shape index (κ3) is 4.68. The normalized spacial score (nSPS) is 16.1. The standard InChI is InChI=1S/C28H32N2O5/c1-5-29(6-2)15-8-16-30-24(19-13-11-18(3)12-14-19)23(26(32)28(30)33)25(31)22-17-20-9-7-10-21(34-4)27(20)35-22/h7,9-14,17,24,32H,5-6,8,15-16H2,1-4H3/t24-/m1/s1. The van der Waals surface area contributed by atoms with Gasteiger partial charge in [-0.2, -0.15) is 0 Å². The third-order valence-electron chi connectivity index (χ3n) is 6.66. The first-order valence-corrected chi connectivity index (χ1v) is 12.0. The van der Waals surface area contributed by atoms with E-state index < -0.39 is 23.5 Å². The van der Waals surface area contributed by atoms with Crippen LogP contribution in [0.1, 0.15) is 48.0 Å². The summed E-state index contributed by atoms with van der Waals surface area (Å²) in [4.78, 5) is 30.8. The molecule has 2 aromatic carbocycles. The number of carbonyl (C=O) groups is 2. The summed E-state index contributed by atoms with van der Waals surface area (Å²) in [6.07, 6.45) is 0.729. The first-order chi connectivity index (χ1) is 16.9. The first kappa shape index (κ1) is 24.5. The number of ketones is 1. The van der Waals surface area contributed by atoms with Gasteiger partial charge in [-0.1, -0.05) is 55.8 Å². The van der Waals surface area contributed by atoms with Gasteiger partial charge in [0.25, 0.3) is 5.91 Å². The van der Waals surface area contributed by atoms with Gasteiger partial charge in [-0.15, -0.1) is 0 Å². The molecule has 1 atom stereocenters. The molecule has 1 aliphatic rings. The number of aliphatic hydroxyl groups is 1. The maximum absolute atomic E-state index is 13.7. The molecule has 0 bridgehead atoms. The lowest BCUT2D eigenvalue weighted by atomic mass is 9.94. The summed E-state index contributed by atoms with van der Waals surface area (Å²) in [5, 5.41) is 11.6. The smallest absolute Gasteiger partial charge is 0.290 e. The number of rotatable bonds is 10. The van der Waals surface area contributed by atoms with Crippen LogP contribution in [-0.2, 0) is 4.79 Å². The van der Waals surface area contributed by atoms with Crippen LogP contribution in [0.3, 0.4) is 0 Å². The summed E-state index contributed by atoms with van der Waals surface area (Å²) in [7, 11) is 1.53. The van der Waals surface area contributed by atoms with Crippen molar-refractivity contribution in [1.82, 2.24) is 9.80 Å². The largest absolute Gasteiger partial charge is 0.503 e. The molecule has 7 heteroatoms. The van der Waals surface area contributed by atoms with Gasteiger partial charge < -0.3 is 24.1 Å². The molecule has 0 saturated heterocycles. The highest BCUT2D eigenvalue weighted by molar-refractivity contribution is 6.16. The summed E-state index contributed by atoms with van der Waals surface area (Å²) in [5.74, 6) is -0.995. The zero-order valence-corrected chi connectivity index (χ0v) is 20.7. The van der Waals surface area contributed by atoms with Crippen LogP contribution in [-0.4, -0.2) is 59.9 Å². The molecular weight excluding hydrogens is 444 g/mol. The maximum atomic E-state index is 13.7. The van der Waals surface area contributed by atoms with E-state index in [-0.39, 0.29) is 11.3 Å². The minimum atomic E-state index is -0.692. The number of hydrogen-bond donors (Lipinski definition) is 1. The van der Waals surface area contributed by atoms with Crippen LogP contribution in [0.2, 0.25) is 0 Å². The topological polar surface area (TPSA) is 83.2 Å². The Morgan fingerprint density at radius 2 is 1.86 bits per heavy atom. The highest BCUT2D eigenvalue weighted by Gasteiger charge is 2.44. The molecule has 0 aliphatic carbocycles. The van der Waals surface area contributed by atoms with E-state index in [0.29, 0.717) is 23.3 Å². The Labute approximate surface area is 205 Å². The molecule has 7 nitrogen and oxygen atoms in total. The Morgan fingerprint density at radius 3 is 2.51 bits per heavy atom. The molecule has 0 saturated carbocycles. The highest BCUT2D eigenvalue weighted by atomic mass is 16.5. The molecule has 0 spiro atoms. The molecule has 2 heterocycles. The SMILES string of the molecule is CCN(CC)CCCN1C(=O)C(O)=C(C(=O)c2cc3cccc(OC)c3o2)[C@H]1c1ccc(C)cc1. The average molecular weight is 477 g/mol. The zero-order valence-electron chi connectivity index (χ0n) is 20.7. The summed E-state index contributed by atoms with van der Waals surface area (Å²) >= 11 is 0. The number of methoxy groups -OCH3 is 1. The molecule has 4 rings (SSSR count). The number of aryl methyl sites for hydroxylation is 1. The quantitative estimate of drug-likeness (QED) is 0.412. The van der Waals surface area contributed by atoms with Crippen LogP contribution in [0, 0.1) is 6.92 Å². The number of carbonyl (C=O) groups excluding carboxylic acids is 2. The molecule has 35 heavy (non-hydrogen) atoms. The van der Waals surface area contributed by atoms with E-state index in [2.05, 4.69) is 18.7 Å². The van der Waals surface area contributed by atoms with Crippen LogP contribution < -0.4 is 4.74 Å². The number of amides is 1. The number of aliphatic hydroxyl groups excluding tert-OH is 1. The van der Waals surface area contributed by atoms with Crippen molar-refractivity contribution < 1.29 is 23.8 Å². The molecule has 1 aromatic heterocycles. The molecule has 0 radical (unpaired) electrons. The molecule has 1 N–H and O–H groups in total. The Kier molecular flexibility index (Phi) is 7.26. The van der Waals surface area contributed by atoms with Gasteiger partial charge >= 0.3 is 0 Å². The highest BCUT2D eigenvalue weighted by Crippen LogP contribution is 2.40. The molecule has 184 valence electrons. The number of hydrogen-bond acceptors (Lipinski definition) is 6. The van der Waals surface area contributed by atoms with Gasteiger partial charge in [-0.25, -0.2) is 0 Å². The molecule has 1 aliphatic heterocycles. The predicted molar refractivity (Wildman–Crippen MR) is 135 cm³/mol. The van der Waals surface area contributed by atoms with Crippen LogP contribution in [0.4, 0.5) is 0 Å². The fraction of sp³-hybridized carbons (Fsp3) is 0.357. The second kappa shape index (κ2) is 10.4. The van der Waals surface area contributed by atoms with Crippen molar-refractivity contribution in [3.63, 3.8) is 0 Å². The first-order valence-electron chi connectivity index (χ1n) is 12.0. The molecular formula is C28H32N2O5. The monoisotopic (exact) mass is 476 g/mol. The van der Waals surface area contributed by atoms with Crippen LogP contribution >= 0.6 is 0 Å². The van der Waals surface area contributed by atoms with E-state index in [1.54, 1.807) is 17.0 Å². The Bertz CT molecular complexity index is 1250. The Balaban J connectivity index is 1.71. The number of ether oxygens (including phenoxy) is 1. The van der Waals surface area contributed by atoms with E-state index in [9.17, 15) is 14.7 Å². The maximum Gasteiger partial charge on any atom is 0.290 e. The zero-order chi connectivity index (χ0) is 25.1. The second-order valence-electron chi connectivity index (χ2n) is 8.77. The van der Waals surface area contributed by atoms with Gasteiger partial charge in [0.15, 0.2) is 22.9 Å². The third-order valence-corrected chi connectivity index (χ3v) is 6.66. The van der Waals surface area contributed by atoms with Gasteiger partial charge in [0.2, 0.25) is 5.78 Å². The summed E-state index contributed by atoms with van der Waals surface area (Å²) in [6, 6.07) is 14.0. The summed E-state index contributed by atoms with van der Waals surface area (Å²) < 4.78 is 11.2. The lowest BCUT2D eigenvalue weighted by Crippen LogP contribution is -2.34. The minimum Gasteiger partial charge on any atom is -0.503 e. The van der Waals surface area contributed by atoms with Gasteiger partial charge in [0.05, 0.1) is 18.7 Å². The second-order valence-corrected chi connectivity index (χ2v) is 8.77. The van der Waals surface area contributed by atoms with Crippen molar-refractivity contribution in [2.75, 3.05) is 33.3 Å². The number of Topliss-reactive ketones (excluding diaryl/α,β-unsaturated/α-hetero) is 1. The fourth-order valence-corrected chi connectivity index (χ4v) is 4.66. The van der Waals surface area contributed by atoms with E-state index in [1.165, 1.54) is 7.11 Å². The minimum absolute atomic E-state index is 0.0414. The number of benzene rings is 2. The van der Waals surface area contributed by atoms with Crippen molar-refractivity contribution in [3.8, 4) is 5.75 Å². The molecule has 0 fully saturated rings. The number of fused-ring (bicyclic) bond motifs is 1. The number of furan rings is 1. The summed E-state index contributed by atoms with van der Waals surface area (Å²) in [6.45, 7) is 9.28. The van der Waals surface area contributed by atoms with E-state index in [0.717, 1.165) is 37.2 Å². The van der Waals surface area contributed by atoms with Crippen LogP contribution in [0.5, 0.6) is 5.75 Å². The number of nitrogens with zero attached hydrogens (tertiary/aromatic N) is 2. The Morgan fingerprint density at radius 1 is 1.14 bits per heavy atom. The van der Waals surface area contributed by atoms with Crippen molar-refractivity contribution in [1.29, 1.82) is 0 Å². The average Bonchev–Trinajstić information content (AvgIpc) is 3.41. The van der Waals surface area contributed by atoms with Crippen LogP contribution in [0.15, 0.2) is 64.3 Å². The van der Waals surface area contributed by atoms with Crippen molar-refractivity contribution >= 4 is 22.7 Å². The molecule has 0 unspecified atom stereocenters. The lowest BCUT2D eigenvalue weighted by molar-refractivity contribution is -0.129. The van der Waals surface area contributed by atoms with E-state index >= 15 is 0 Å². The van der Waals surface area contributed by atoms with E-state index in [4.69, 9.17) is 9.15 Å². The van der Waals surface area contributed by atoms with Gasteiger partial charge in [0.1, 0.15) is 0 Å². The number of para-hydroxylation sites is 1. The van der Waals surface area contributed by atoms with Gasteiger partial charge in [-0.3, -0.25) is 9.59 Å². The van der Waals surface area contributed by atoms with Crippen LogP contribution in [0.25, 0.3) is 11.0 Å². The van der Waals surface area contributed by atoms with Gasteiger partial charge in [0, 0.05) is 11.9 Å². The summed E-state index contributed by atoms with van der Waals surface area (Å²) in [5.41, 5.74) is 2.33. The predicted octanol–water partition coefficient (Wildman–Crippen LogP) is 5.06. The Hall–Kier alpha value is -3.58. The van der Waals surface area contributed by atoms with E-state index in [1.807, 2.05) is 43.3 Å².